The number of carbonyl (C=O) groups is 1. The fourth-order valence-electron chi connectivity index (χ4n) is 2.18. The molecule has 2 N–H and O–H groups in total. The van der Waals surface area contributed by atoms with Crippen molar-refractivity contribution in [2.24, 2.45) is 11.0 Å². The molecule has 1 aromatic rings. The summed E-state index contributed by atoms with van der Waals surface area (Å²) in [4.78, 5) is 11.8. The van der Waals surface area contributed by atoms with Crippen LogP contribution in [0.3, 0.4) is 0 Å². The van der Waals surface area contributed by atoms with Crippen LogP contribution in [0.1, 0.15) is 43.0 Å². The van der Waals surface area contributed by atoms with E-state index in [1.807, 2.05) is 0 Å². The van der Waals surface area contributed by atoms with Gasteiger partial charge in [-0.3, -0.25) is 4.79 Å². The number of aromatic hydroxyl groups is 1. The molecule has 0 spiro atoms. The van der Waals surface area contributed by atoms with Crippen molar-refractivity contribution in [1.29, 1.82) is 0 Å². The Hall–Kier alpha value is -1.84. The summed E-state index contributed by atoms with van der Waals surface area (Å²) in [7, 11) is 0. The summed E-state index contributed by atoms with van der Waals surface area (Å²) in [6.07, 6.45) is 4.44. The number of rotatable bonds is 2. The minimum absolute atomic E-state index is 0.0214. The van der Waals surface area contributed by atoms with Crippen molar-refractivity contribution in [3.05, 3.63) is 29.8 Å². The van der Waals surface area contributed by atoms with E-state index in [1.165, 1.54) is 12.5 Å². The van der Waals surface area contributed by atoms with Crippen LogP contribution < -0.4 is 5.43 Å². The molecule has 1 amide bonds. The first kappa shape index (κ1) is 12.6. The van der Waals surface area contributed by atoms with E-state index in [-0.39, 0.29) is 17.2 Å². The molecule has 0 unspecified atom stereocenters. The number of amides is 1. The van der Waals surface area contributed by atoms with Gasteiger partial charge >= 0.3 is 0 Å². The van der Waals surface area contributed by atoms with Gasteiger partial charge in [0.05, 0.1) is 5.56 Å². The van der Waals surface area contributed by atoms with Crippen LogP contribution in [0.4, 0.5) is 0 Å². The number of para-hydroxylation sites is 1. The van der Waals surface area contributed by atoms with E-state index < -0.39 is 0 Å². The number of nitrogens with one attached hydrogen (secondary N) is 1. The smallest absolute Gasteiger partial charge is 0.275 e. The quantitative estimate of drug-likeness (QED) is 0.788. The van der Waals surface area contributed by atoms with Gasteiger partial charge in [0.1, 0.15) is 5.75 Å². The highest BCUT2D eigenvalue weighted by molar-refractivity contribution is 5.98. The minimum Gasteiger partial charge on any atom is -0.507 e. The van der Waals surface area contributed by atoms with Crippen molar-refractivity contribution in [3.8, 4) is 5.75 Å². The van der Waals surface area contributed by atoms with E-state index in [9.17, 15) is 9.90 Å². The SMILES string of the molecule is C[C@@H]1CCCC/C1=N\NC(=O)c1ccccc1O. The van der Waals surface area contributed by atoms with Crippen LogP contribution in [0.2, 0.25) is 0 Å². The standard InChI is InChI=1S/C14H18N2O2/c1-10-6-2-4-8-12(10)15-16-14(18)11-7-3-5-9-13(11)17/h3,5,7,9-10,17H,2,4,6,8H2,1H3,(H,16,18)/b15-12+/t10-/m1/s1. The van der Waals surface area contributed by atoms with Gasteiger partial charge in [0, 0.05) is 5.71 Å². The Balaban J connectivity index is 2.04. The third-order valence-corrected chi connectivity index (χ3v) is 3.34. The van der Waals surface area contributed by atoms with E-state index in [0.717, 1.165) is 25.0 Å². The summed E-state index contributed by atoms with van der Waals surface area (Å²) in [6.45, 7) is 2.13. The molecule has 0 aromatic heterocycles. The normalized spacial score (nSPS) is 21.8. The monoisotopic (exact) mass is 246 g/mol. The molecular weight excluding hydrogens is 228 g/mol. The van der Waals surface area contributed by atoms with Gasteiger partial charge in [-0.05, 0) is 37.3 Å². The zero-order valence-electron chi connectivity index (χ0n) is 10.5. The lowest BCUT2D eigenvalue weighted by Gasteiger charge is -2.19. The molecule has 1 atom stereocenters. The van der Waals surface area contributed by atoms with Gasteiger partial charge in [-0.2, -0.15) is 5.10 Å². The Kier molecular flexibility index (Phi) is 3.97. The molecule has 0 heterocycles. The van der Waals surface area contributed by atoms with Gasteiger partial charge in [-0.1, -0.05) is 25.5 Å². The number of benzene rings is 1. The average Bonchev–Trinajstić information content (AvgIpc) is 2.38. The number of phenols is 1. The Morgan fingerprint density at radius 2 is 2.17 bits per heavy atom. The maximum absolute atomic E-state index is 11.8. The predicted octanol–water partition coefficient (Wildman–Crippen LogP) is 2.69. The first-order valence-electron chi connectivity index (χ1n) is 6.33. The van der Waals surface area contributed by atoms with Crippen molar-refractivity contribution >= 4 is 11.6 Å². The highest BCUT2D eigenvalue weighted by Gasteiger charge is 2.16. The summed E-state index contributed by atoms with van der Waals surface area (Å²) in [5, 5.41) is 13.7. The maximum Gasteiger partial charge on any atom is 0.275 e. The van der Waals surface area contributed by atoms with E-state index in [0.29, 0.717) is 5.92 Å². The molecule has 1 aliphatic carbocycles. The van der Waals surface area contributed by atoms with E-state index in [1.54, 1.807) is 18.2 Å². The molecule has 0 radical (unpaired) electrons. The van der Waals surface area contributed by atoms with Crippen LogP contribution in [0, 0.1) is 5.92 Å². The van der Waals surface area contributed by atoms with Crippen LogP contribution >= 0.6 is 0 Å². The Labute approximate surface area is 107 Å². The van der Waals surface area contributed by atoms with Crippen molar-refractivity contribution in [2.45, 2.75) is 32.6 Å². The molecule has 18 heavy (non-hydrogen) atoms. The third-order valence-electron chi connectivity index (χ3n) is 3.34. The first-order chi connectivity index (χ1) is 8.68. The largest absolute Gasteiger partial charge is 0.507 e. The number of phenolic OH excluding ortho intramolecular Hbond substituents is 1. The zero-order valence-corrected chi connectivity index (χ0v) is 10.5. The zero-order chi connectivity index (χ0) is 13.0. The molecule has 0 aliphatic heterocycles. The van der Waals surface area contributed by atoms with Crippen LogP contribution in [0.5, 0.6) is 5.75 Å². The van der Waals surface area contributed by atoms with E-state index in [4.69, 9.17) is 0 Å². The lowest BCUT2D eigenvalue weighted by molar-refractivity contribution is 0.0951. The minimum atomic E-state index is -0.363. The topological polar surface area (TPSA) is 61.7 Å². The number of hydrogen-bond acceptors (Lipinski definition) is 3. The first-order valence-corrected chi connectivity index (χ1v) is 6.33. The van der Waals surface area contributed by atoms with Crippen molar-refractivity contribution in [2.75, 3.05) is 0 Å². The third kappa shape index (κ3) is 2.88. The molecule has 0 saturated heterocycles. The fraction of sp³-hybridized carbons (Fsp3) is 0.429. The van der Waals surface area contributed by atoms with Gasteiger partial charge in [0.15, 0.2) is 0 Å². The number of hydrogen-bond donors (Lipinski definition) is 2. The second-order valence-electron chi connectivity index (χ2n) is 4.71. The van der Waals surface area contributed by atoms with Crippen LogP contribution in [0.25, 0.3) is 0 Å². The number of carbonyl (C=O) groups excluding carboxylic acids is 1. The van der Waals surface area contributed by atoms with Crippen LogP contribution in [0.15, 0.2) is 29.4 Å². The van der Waals surface area contributed by atoms with Crippen molar-refractivity contribution < 1.29 is 9.90 Å². The number of hydrazone groups is 1. The van der Waals surface area contributed by atoms with Gasteiger partial charge in [-0.15, -0.1) is 0 Å². The van der Waals surface area contributed by atoms with Crippen molar-refractivity contribution in [1.82, 2.24) is 5.43 Å². The second kappa shape index (κ2) is 5.67. The van der Waals surface area contributed by atoms with Crippen LogP contribution in [-0.2, 0) is 0 Å². The highest BCUT2D eigenvalue weighted by Crippen LogP contribution is 2.21. The Bertz CT molecular complexity index is 469. The second-order valence-corrected chi connectivity index (χ2v) is 4.71. The molecule has 1 aromatic carbocycles. The Morgan fingerprint density at radius 1 is 1.39 bits per heavy atom. The highest BCUT2D eigenvalue weighted by atomic mass is 16.3. The lowest BCUT2D eigenvalue weighted by atomic mass is 9.89. The van der Waals surface area contributed by atoms with E-state index >= 15 is 0 Å². The van der Waals surface area contributed by atoms with Gasteiger partial charge in [0.25, 0.3) is 5.91 Å². The molecule has 4 heteroatoms. The van der Waals surface area contributed by atoms with Crippen molar-refractivity contribution in [3.63, 3.8) is 0 Å². The summed E-state index contributed by atoms with van der Waals surface area (Å²) < 4.78 is 0. The molecule has 4 nitrogen and oxygen atoms in total. The van der Waals surface area contributed by atoms with Gasteiger partial charge in [0.2, 0.25) is 0 Å². The molecule has 1 saturated carbocycles. The predicted molar refractivity (Wildman–Crippen MR) is 70.6 cm³/mol. The van der Waals surface area contributed by atoms with Gasteiger partial charge < -0.3 is 5.11 Å². The fourth-order valence-corrected chi connectivity index (χ4v) is 2.18. The summed E-state index contributed by atoms with van der Waals surface area (Å²) >= 11 is 0. The van der Waals surface area contributed by atoms with Crippen LogP contribution in [-0.4, -0.2) is 16.7 Å². The summed E-state index contributed by atoms with van der Waals surface area (Å²) in [5.74, 6) is 0.0497. The summed E-state index contributed by atoms with van der Waals surface area (Å²) in [6, 6.07) is 6.46. The van der Waals surface area contributed by atoms with E-state index in [2.05, 4.69) is 17.5 Å². The molecular formula is C14H18N2O2. The average molecular weight is 246 g/mol. The molecule has 0 bridgehead atoms. The maximum atomic E-state index is 11.8. The molecule has 1 fully saturated rings. The lowest BCUT2D eigenvalue weighted by Crippen LogP contribution is -2.24. The molecule has 96 valence electrons. The molecule has 1 aliphatic rings. The Morgan fingerprint density at radius 3 is 2.89 bits per heavy atom. The summed E-state index contributed by atoms with van der Waals surface area (Å²) in [5.41, 5.74) is 3.83. The molecule has 2 rings (SSSR count). The van der Waals surface area contributed by atoms with Gasteiger partial charge in [-0.25, -0.2) is 5.43 Å². The number of nitrogens with zero attached hydrogens (tertiary/aromatic N) is 1.